The van der Waals surface area contributed by atoms with Gasteiger partial charge in [-0.05, 0) is 7.05 Å². The summed E-state index contributed by atoms with van der Waals surface area (Å²) < 4.78 is 39.9. The molecule has 0 aromatic rings. The number of rotatable bonds is 1. The van der Waals surface area contributed by atoms with Crippen molar-refractivity contribution in [3.05, 3.63) is 30.7 Å². The van der Waals surface area contributed by atoms with Gasteiger partial charge < -0.3 is 4.90 Å². The molecule has 1 heterocycles. The van der Waals surface area contributed by atoms with Crippen molar-refractivity contribution in [1.82, 2.24) is 9.80 Å². The molecule has 0 spiro atoms. The summed E-state index contributed by atoms with van der Waals surface area (Å²) >= 11 is 0. The fourth-order valence-electron chi connectivity index (χ4n) is 2.28. The van der Waals surface area contributed by atoms with Crippen LogP contribution in [-0.2, 0) is 0 Å². The summed E-state index contributed by atoms with van der Waals surface area (Å²) in [4.78, 5) is 3.55. The Balaban J connectivity index is 2.25. The third-order valence-corrected chi connectivity index (χ3v) is 3.40. The molecule has 5 heteroatoms. The number of likely N-dealkylation sites (N-methyl/N-ethyl adjacent to an activating group) is 1. The minimum absolute atomic E-state index is 0.435. The molecule has 1 fully saturated rings. The van der Waals surface area contributed by atoms with Gasteiger partial charge in [0.2, 0.25) is 0 Å². The first-order valence-electron chi connectivity index (χ1n) is 5.66. The van der Waals surface area contributed by atoms with Gasteiger partial charge in [0.05, 0.1) is 0 Å². The van der Waals surface area contributed by atoms with Crippen molar-refractivity contribution < 1.29 is 13.2 Å². The van der Waals surface area contributed by atoms with Crippen molar-refractivity contribution >= 4 is 0 Å². The smallest absolute Gasteiger partial charge is 0.304 e. The minimum Gasteiger partial charge on any atom is -0.304 e. The lowest BCUT2D eigenvalue weighted by Crippen LogP contribution is -2.61. The van der Waals surface area contributed by atoms with Gasteiger partial charge in [-0.25, -0.2) is 0 Å². The Kier molecular flexibility index (Phi) is 3.32. The Morgan fingerprint density at radius 1 is 1.00 bits per heavy atom. The second-order valence-corrected chi connectivity index (χ2v) is 4.52. The lowest BCUT2D eigenvalue weighted by Gasteiger charge is -2.45. The molecular formula is C12H16F3N2. The summed E-state index contributed by atoms with van der Waals surface area (Å²) in [5, 5.41) is 0. The second-order valence-electron chi connectivity index (χ2n) is 4.52. The van der Waals surface area contributed by atoms with E-state index in [0.717, 1.165) is 0 Å². The van der Waals surface area contributed by atoms with Crippen molar-refractivity contribution in [1.29, 1.82) is 0 Å². The van der Waals surface area contributed by atoms with Crippen LogP contribution in [0.1, 0.15) is 0 Å². The van der Waals surface area contributed by atoms with E-state index in [1.807, 2.05) is 11.9 Å². The fourth-order valence-corrected chi connectivity index (χ4v) is 2.28. The Morgan fingerprint density at radius 3 is 2.00 bits per heavy atom. The summed E-state index contributed by atoms with van der Waals surface area (Å²) in [6.07, 6.45) is 2.80. The maximum Gasteiger partial charge on any atom is 0.414 e. The lowest BCUT2D eigenvalue weighted by atomic mass is 9.90. The van der Waals surface area contributed by atoms with Crippen molar-refractivity contribution in [2.24, 2.45) is 0 Å². The lowest BCUT2D eigenvalue weighted by molar-refractivity contribution is -0.202. The van der Waals surface area contributed by atoms with Crippen molar-refractivity contribution in [2.75, 3.05) is 33.2 Å². The molecule has 2 rings (SSSR count). The number of hydrogen-bond acceptors (Lipinski definition) is 2. The molecule has 0 amide bonds. The molecular weight excluding hydrogens is 229 g/mol. The van der Waals surface area contributed by atoms with Gasteiger partial charge in [-0.2, -0.15) is 13.2 Å². The van der Waals surface area contributed by atoms with E-state index in [9.17, 15) is 13.2 Å². The van der Waals surface area contributed by atoms with Gasteiger partial charge in [0.25, 0.3) is 0 Å². The van der Waals surface area contributed by atoms with Crippen LogP contribution in [-0.4, -0.2) is 54.7 Å². The first-order valence-corrected chi connectivity index (χ1v) is 5.66. The van der Waals surface area contributed by atoms with Gasteiger partial charge in [-0.15, -0.1) is 0 Å². The van der Waals surface area contributed by atoms with E-state index in [2.05, 4.69) is 0 Å². The largest absolute Gasteiger partial charge is 0.414 e. The van der Waals surface area contributed by atoms with Gasteiger partial charge in [0, 0.05) is 32.6 Å². The molecule has 1 aliphatic heterocycles. The Morgan fingerprint density at radius 2 is 1.53 bits per heavy atom. The molecule has 0 aromatic heterocycles. The van der Waals surface area contributed by atoms with Crippen LogP contribution in [0.25, 0.3) is 0 Å². The summed E-state index contributed by atoms with van der Waals surface area (Å²) in [5.74, 6) is 0. The molecule has 0 unspecified atom stereocenters. The average molecular weight is 245 g/mol. The van der Waals surface area contributed by atoms with E-state index in [1.165, 1.54) is 29.2 Å². The molecule has 0 saturated carbocycles. The molecule has 0 aromatic carbocycles. The number of piperazine rings is 1. The predicted molar refractivity (Wildman–Crippen MR) is 60.4 cm³/mol. The molecule has 1 radical (unpaired) electrons. The normalized spacial score (nSPS) is 26.4. The van der Waals surface area contributed by atoms with E-state index in [0.29, 0.717) is 26.2 Å². The van der Waals surface area contributed by atoms with Crippen LogP contribution in [0.4, 0.5) is 13.2 Å². The summed E-state index contributed by atoms with van der Waals surface area (Å²) in [6, 6.07) is 0. The van der Waals surface area contributed by atoms with Gasteiger partial charge in [0.15, 0.2) is 5.54 Å². The Hall–Kier alpha value is -0.810. The third kappa shape index (κ3) is 2.26. The van der Waals surface area contributed by atoms with E-state index >= 15 is 0 Å². The molecule has 17 heavy (non-hydrogen) atoms. The molecule has 0 N–H and O–H groups in total. The molecule has 2 aliphatic rings. The Bertz CT molecular complexity index is 313. The van der Waals surface area contributed by atoms with Crippen LogP contribution >= 0.6 is 0 Å². The van der Waals surface area contributed by atoms with Crippen molar-refractivity contribution in [2.45, 2.75) is 11.7 Å². The molecule has 2 nitrogen and oxygen atoms in total. The van der Waals surface area contributed by atoms with Crippen LogP contribution in [0.15, 0.2) is 24.3 Å². The van der Waals surface area contributed by atoms with Gasteiger partial charge in [-0.3, -0.25) is 4.90 Å². The minimum atomic E-state index is -4.27. The number of alkyl halides is 3. The Labute approximate surface area is 99.4 Å². The number of allylic oxidation sites excluding steroid dienone is 2. The van der Waals surface area contributed by atoms with Crippen molar-refractivity contribution in [3.63, 3.8) is 0 Å². The number of hydrogen-bond donors (Lipinski definition) is 0. The number of nitrogens with zero attached hydrogens (tertiary/aromatic N) is 2. The zero-order valence-corrected chi connectivity index (χ0v) is 9.74. The van der Waals surface area contributed by atoms with Crippen LogP contribution < -0.4 is 0 Å². The van der Waals surface area contributed by atoms with Crippen LogP contribution in [0.5, 0.6) is 0 Å². The summed E-state index contributed by atoms with van der Waals surface area (Å²) in [6.45, 7) is 2.21. The maximum absolute atomic E-state index is 13.3. The zero-order chi connectivity index (χ0) is 12.5. The quantitative estimate of drug-likeness (QED) is 0.696. The zero-order valence-electron chi connectivity index (χ0n) is 9.74. The van der Waals surface area contributed by atoms with Gasteiger partial charge in [-0.1, -0.05) is 24.3 Å². The van der Waals surface area contributed by atoms with Gasteiger partial charge >= 0.3 is 6.18 Å². The number of halogens is 3. The predicted octanol–water partition coefficient (Wildman–Crippen LogP) is 1.87. The standard InChI is InChI=1S/C12H16F3N2/c1-16-7-9-17(10-8-16)11(12(13,14)15)5-3-2-4-6-11/h2-6H,7-10H2,1H3. The van der Waals surface area contributed by atoms with E-state index < -0.39 is 11.7 Å². The molecule has 1 aliphatic carbocycles. The SMILES string of the molecule is CN1CCN(C2(C(F)(F)F)C=C[CH]C=C2)CC1. The highest BCUT2D eigenvalue weighted by atomic mass is 19.4. The van der Waals surface area contributed by atoms with Crippen LogP contribution in [0.3, 0.4) is 0 Å². The average Bonchev–Trinajstić information content (AvgIpc) is 2.29. The second kappa shape index (κ2) is 4.46. The van der Waals surface area contributed by atoms with Crippen molar-refractivity contribution in [3.8, 4) is 0 Å². The van der Waals surface area contributed by atoms with E-state index in [1.54, 1.807) is 6.42 Å². The first-order chi connectivity index (χ1) is 7.96. The molecule has 1 saturated heterocycles. The third-order valence-electron chi connectivity index (χ3n) is 3.40. The van der Waals surface area contributed by atoms with Gasteiger partial charge in [0.1, 0.15) is 0 Å². The van der Waals surface area contributed by atoms with E-state index in [4.69, 9.17) is 0 Å². The topological polar surface area (TPSA) is 6.48 Å². The van der Waals surface area contributed by atoms with Crippen LogP contribution in [0.2, 0.25) is 0 Å². The molecule has 0 bridgehead atoms. The highest BCUT2D eigenvalue weighted by Gasteiger charge is 2.55. The van der Waals surface area contributed by atoms with Crippen LogP contribution in [0, 0.1) is 6.42 Å². The first kappa shape index (κ1) is 12.6. The molecule has 0 atom stereocenters. The highest BCUT2D eigenvalue weighted by molar-refractivity contribution is 5.32. The molecule has 95 valence electrons. The fraction of sp³-hybridized carbons (Fsp3) is 0.583. The monoisotopic (exact) mass is 245 g/mol. The summed E-state index contributed by atoms with van der Waals surface area (Å²) in [7, 11) is 1.93. The summed E-state index contributed by atoms with van der Waals surface area (Å²) in [5.41, 5.74) is -1.91. The maximum atomic E-state index is 13.3. The highest BCUT2D eigenvalue weighted by Crippen LogP contribution is 2.40. The van der Waals surface area contributed by atoms with E-state index in [-0.39, 0.29) is 0 Å².